The monoisotopic (exact) mass is 165 g/mol. The Kier molecular flexibility index (Phi) is 1.68. The molecule has 3 rings (SSSR count). The minimum absolute atomic E-state index is 0.902. The molecule has 1 heteroatoms. The van der Waals surface area contributed by atoms with Gasteiger partial charge in [0.2, 0.25) is 0 Å². The van der Waals surface area contributed by atoms with Crippen molar-refractivity contribution in [1.29, 1.82) is 0 Å². The summed E-state index contributed by atoms with van der Waals surface area (Å²) in [6, 6.07) is 1.85. The van der Waals surface area contributed by atoms with Crippen molar-refractivity contribution in [1.82, 2.24) is 5.32 Å². The molecule has 3 saturated carbocycles. The van der Waals surface area contributed by atoms with E-state index in [1.807, 2.05) is 0 Å². The Hall–Kier alpha value is -0.0400. The van der Waals surface area contributed by atoms with Gasteiger partial charge in [0.05, 0.1) is 0 Å². The fourth-order valence-corrected chi connectivity index (χ4v) is 2.85. The van der Waals surface area contributed by atoms with E-state index >= 15 is 0 Å². The van der Waals surface area contributed by atoms with Gasteiger partial charge < -0.3 is 5.32 Å². The highest BCUT2D eigenvalue weighted by Crippen LogP contribution is 2.50. The van der Waals surface area contributed by atoms with Crippen molar-refractivity contribution in [2.24, 2.45) is 11.8 Å². The largest absolute Gasteiger partial charge is 0.311 e. The minimum atomic E-state index is 0.902. The van der Waals surface area contributed by atoms with Crippen LogP contribution < -0.4 is 5.32 Å². The second-order valence-electron chi connectivity index (χ2n) is 4.99. The van der Waals surface area contributed by atoms with Crippen LogP contribution in [0.25, 0.3) is 0 Å². The van der Waals surface area contributed by atoms with E-state index in [9.17, 15) is 0 Å². The third kappa shape index (κ3) is 1.39. The van der Waals surface area contributed by atoms with Crippen molar-refractivity contribution in [2.45, 2.75) is 57.0 Å². The quantitative estimate of drug-likeness (QED) is 0.676. The molecule has 3 fully saturated rings. The van der Waals surface area contributed by atoms with Crippen molar-refractivity contribution in [3.8, 4) is 0 Å². The van der Waals surface area contributed by atoms with E-state index in [0.29, 0.717) is 0 Å². The molecule has 68 valence electrons. The van der Waals surface area contributed by atoms with E-state index in [1.165, 1.54) is 44.9 Å². The maximum absolute atomic E-state index is 3.82. The maximum atomic E-state index is 3.82. The summed E-state index contributed by atoms with van der Waals surface area (Å²) < 4.78 is 0. The Balaban J connectivity index is 1.44. The van der Waals surface area contributed by atoms with Crippen molar-refractivity contribution < 1.29 is 0 Å². The molecule has 3 aliphatic carbocycles. The summed E-state index contributed by atoms with van der Waals surface area (Å²) in [6.45, 7) is 0. The average Bonchev–Trinajstić information content (AvgIpc) is 2.91. The first-order chi connectivity index (χ1) is 5.93. The zero-order valence-electron chi connectivity index (χ0n) is 7.76. The molecule has 0 saturated heterocycles. The molecule has 0 amide bonds. The summed E-state index contributed by atoms with van der Waals surface area (Å²) in [6.07, 6.45) is 10.4. The molecule has 1 N–H and O–H groups in total. The van der Waals surface area contributed by atoms with Crippen LogP contribution in [0.3, 0.4) is 0 Å². The second-order valence-corrected chi connectivity index (χ2v) is 4.99. The van der Waals surface area contributed by atoms with Crippen molar-refractivity contribution >= 4 is 0 Å². The lowest BCUT2D eigenvalue weighted by Gasteiger charge is -2.10. The Bertz CT molecular complexity index is 168. The molecule has 0 aromatic rings. The second kappa shape index (κ2) is 2.73. The molecule has 2 atom stereocenters. The summed E-state index contributed by atoms with van der Waals surface area (Å²) in [7, 11) is 0. The highest BCUT2D eigenvalue weighted by molar-refractivity contribution is 5.02. The molecule has 0 aliphatic heterocycles. The lowest BCUT2D eigenvalue weighted by atomic mass is 10.2. The molecule has 0 heterocycles. The summed E-state index contributed by atoms with van der Waals surface area (Å²) in [5, 5.41) is 3.82. The first-order valence-electron chi connectivity index (χ1n) is 5.69. The molecule has 2 unspecified atom stereocenters. The fraction of sp³-hybridized carbons (Fsp3) is 1.00. The molecule has 12 heavy (non-hydrogen) atoms. The van der Waals surface area contributed by atoms with Crippen LogP contribution in [0, 0.1) is 11.8 Å². The van der Waals surface area contributed by atoms with Crippen LogP contribution in [-0.2, 0) is 0 Å². The molecule has 1 nitrogen and oxygen atoms in total. The Morgan fingerprint density at radius 3 is 2.33 bits per heavy atom. The van der Waals surface area contributed by atoms with Crippen LogP contribution in [0.15, 0.2) is 0 Å². The normalized spacial score (nSPS) is 42.0. The van der Waals surface area contributed by atoms with E-state index in [2.05, 4.69) is 5.32 Å². The van der Waals surface area contributed by atoms with E-state index in [1.54, 1.807) is 0 Å². The standard InChI is InChI=1S/C11H19N/c1-2-4-9(3-1)12-11-7-10(11)8-5-6-8/h8-12H,1-7H2. The highest BCUT2D eigenvalue weighted by atomic mass is 15.0. The molecule has 0 radical (unpaired) electrons. The topological polar surface area (TPSA) is 12.0 Å². The predicted molar refractivity (Wildman–Crippen MR) is 50.0 cm³/mol. The van der Waals surface area contributed by atoms with Gasteiger partial charge in [-0.1, -0.05) is 12.8 Å². The molecular weight excluding hydrogens is 146 g/mol. The van der Waals surface area contributed by atoms with Gasteiger partial charge in [0.15, 0.2) is 0 Å². The van der Waals surface area contributed by atoms with E-state index < -0.39 is 0 Å². The van der Waals surface area contributed by atoms with Crippen LogP contribution >= 0.6 is 0 Å². The zero-order chi connectivity index (χ0) is 7.97. The summed E-state index contributed by atoms with van der Waals surface area (Å²) >= 11 is 0. The van der Waals surface area contributed by atoms with Gasteiger partial charge in [0.25, 0.3) is 0 Å². The van der Waals surface area contributed by atoms with Crippen LogP contribution in [0.2, 0.25) is 0 Å². The molecular formula is C11H19N. The van der Waals surface area contributed by atoms with Gasteiger partial charge >= 0.3 is 0 Å². The zero-order valence-corrected chi connectivity index (χ0v) is 7.76. The summed E-state index contributed by atoms with van der Waals surface area (Å²) in [5.74, 6) is 2.24. The Morgan fingerprint density at radius 1 is 0.917 bits per heavy atom. The fourth-order valence-electron chi connectivity index (χ4n) is 2.85. The number of rotatable bonds is 3. The molecule has 3 aliphatic rings. The van der Waals surface area contributed by atoms with E-state index in [-0.39, 0.29) is 0 Å². The Morgan fingerprint density at radius 2 is 1.67 bits per heavy atom. The molecule has 0 aromatic heterocycles. The Labute approximate surface area is 74.9 Å². The maximum Gasteiger partial charge on any atom is 0.0104 e. The van der Waals surface area contributed by atoms with Crippen molar-refractivity contribution in [3.05, 3.63) is 0 Å². The number of hydrogen-bond acceptors (Lipinski definition) is 1. The third-order valence-corrected chi connectivity index (χ3v) is 3.87. The van der Waals surface area contributed by atoms with Gasteiger partial charge in [-0.05, 0) is 43.9 Å². The molecule has 0 aromatic carbocycles. The lowest BCUT2D eigenvalue weighted by Crippen LogP contribution is -2.29. The average molecular weight is 165 g/mol. The van der Waals surface area contributed by atoms with Crippen LogP contribution in [-0.4, -0.2) is 12.1 Å². The summed E-state index contributed by atoms with van der Waals surface area (Å²) in [5.41, 5.74) is 0. The molecule has 0 spiro atoms. The predicted octanol–water partition coefficient (Wildman–Crippen LogP) is 2.32. The van der Waals surface area contributed by atoms with Crippen LogP contribution in [0.5, 0.6) is 0 Å². The third-order valence-electron chi connectivity index (χ3n) is 3.87. The lowest BCUT2D eigenvalue weighted by molar-refractivity contribution is 0.491. The van der Waals surface area contributed by atoms with Crippen LogP contribution in [0.4, 0.5) is 0 Å². The van der Waals surface area contributed by atoms with Crippen LogP contribution in [0.1, 0.15) is 44.9 Å². The SMILES string of the molecule is C1CCC(NC2CC2C2CC2)C1. The smallest absolute Gasteiger partial charge is 0.0104 e. The van der Waals surface area contributed by atoms with Gasteiger partial charge in [-0.2, -0.15) is 0 Å². The van der Waals surface area contributed by atoms with Gasteiger partial charge in [-0.15, -0.1) is 0 Å². The van der Waals surface area contributed by atoms with Gasteiger partial charge in [-0.3, -0.25) is 0 Å². The highest BCUT2D eigenvalue weighted by Gasteiger charge is 2.47. The van der Waals surface area contributed by atoms with Crippen molar-refractivity contribution in [3.63, 3.8) is 0 Å². The van der Waals surface area contributed by atoms with E-state index in [0.717, 1.165) is 23.9 Å². The first-order valence-corrected chi connectivity index (χ1v) is 5.69. The molecule has 0 bridgehead atoms. The van der Waals surface area contributed by atoms with Gasteiger partial charge in [0, 0.05) is 12.1 Å². The summed E-state index contributed by atoms with van der Waals surface area (Å²) in [4.78, 5) is 0. The first kappa shape index (κ1) is 7.37. The van der Waals surface area contributed by atoms with Crippen molar-refractivity contribution in [2.75, 3.05) is 0 Å². The van der Waals surface area contributed by atoms with E-state index in [4.69, 9.17) is 0 Å². The minimum Gasteiger partial charge on any atom is -0.311 e. The van der Waals surface area contributed by atoms with Gasteiger partial charge in [-0.25, -0.2) is 0 Å². The number of hydrogen-bond donors (Lipinski definition) is 1. The number of nitrogens with one attached hydrogen (secondary N) is 1. The van der Waals surface area contributed by atoms with Gasteiger partial charge in [0.1, 0.15) is 0 Å².